The van der Waals surface area contributed by atoms with Crippen LogP contribution in [0.5, 0.6) is 0 Å². The van der Waals surface area contributed by atoms with Crippen LogP contribution in [-0.2, 0) is 9.47 Å². The Bertz CT molecular complexity index is 506. The first-order valence-electron chi connectivity index (χ1n) is 7.44. The first-order valence-corrected chi connectivity index (χ1v) is 8.26. The topological polar surface area (TPSA) is 64.6 Å². The van der Waals surface area contributed by atoms with E-state index in [0.717, 1.165) is 17.8 Å². The standard InChI is InChI=1S/C14H21N3O3S/c1-10(2)11-15-16-12(21-11)13(18)17-5-8-20-14(9-17)3-6-19-7-4-14/h10H,3-9H2,1-2H3. The second-order valence-electron chi connectivity index (χ2n) is 5.97. The van der Waals surface area contributed by atoms with E-state index in [4.69, 9.17) is 9.47 Å². The van der Waals surface area contributed by atoms with Crippen molar-refractivity contribution in [1.82, 2.24) is 15.1 Å². The molecule has 0 atom stereocenters. The fourth-order valence-electron chi connectivity index (χ4n) is 2.75. The predicted molar refractivity (Wildman–Crippen MR) is 78.6 cm³/mol. The minimum atomic E-state index is -0.224. The molecule has 0 radical (unpaired) electrons. The Kier molecular flexibility index (Phi) is 4.24. The molecule has 0 aliphatic carbocycles. The average Bonchev–Trinajstić information content (AvgIpc) is 2.97. The average molecular weight is 311 g/mol. The maximum Gasteiger partial charge on any atom is 0.285 e. The van der Waals surface area contributed by atoms with Gasteiger partial charge in [0.05, 0.1) is 18.8 Å². The summed E-state index contributed by atoms with van der Waals surface area (Å²) in [6.07, 6.45) is 1.70. The lowest BCUT2D eigenvalue weighted by Gasteiger charge is -2.44. The number of hydrogen-bond acceptors (Lipinski definition) is 6. The molecule has 2 saturated heterocycles. The molecule has 2 aliphatic heterocycles. The molecule has 2 fully saturated rings. The van der Waals surface area contributed by atoms with Gasteiger partial charge in [-0.3, -0.25) is 4.79 Å². The molecule has 1 aromatic rings. The van der Waals surface area contributed by atoms with Gasteiger partial charge >= 0.3 is 0 Å². The summed E-state index contributed by atoms with van der Waals surface area (Å²) < 4.78 is 11.4. The zero-order chi connectivity index (χ0) is 14.9. The van der Waals surface area contributed by atoms with Crippen LogP contribution in [0.2, 0.25) is 0 Å². The quantitative estimate of drug-likeness (QED) is 0.831. The Morgan fingerprint density at radius 1 is 1.29 bits per heavy atom. The van der Waals surface area contributed by atoms with Gasteiger partial charge < -0.3 is 14.4 Å². The number of amides is 1. The summed E-state index contributed by atoms with van der Waals surface area (Å²) in [6.45, 7) is 7.36. The maximum absolute atomic E-state index is 12.6. The summed E-state index contributed by atoms with van der Waals surface area (Å²) in [5, 5.41) is 9.56. The van der Waals surface area contributed by atoms with E-state index >= 15 is 0 Å². The maximum atomic E-state index is 12.6. The van der Waals surface area contributed by atoms with Gasteiger partial charge in [-0.1, -0.05) is 25.2 Å². The minimum absolute atomic E-state index is 0.0198. The van der Waals surface area contributed by atoms with Crippen LogP contribution < -0.4 is 0 Å². The SMILES string of the molecule is CC(C)c1nnc(C(=O)N2CCOC3(CCOCC3)C2)s1. The van der Waals surface area contributed by atoms with Gasteiger partial charge in [0.1, 0.15) is 5.01 Å². The van der Waals surface area contributed by atoms with Crippen LogP contribution in [0, 0.1) is 0 Å². The first-order chi connectivity index (χ1) is 10.1. The molecule has 0 N–H and O–H groups in total. The number of ether oxygens (including phenoxy) is 2. The van der Waals surface area contributed by atoms with Crippen molar-refractivity contribution in [2.75, 3.05) is 32.9 Å². The molecule has 7 heteroatoms. The normalized spacial score (nSPS) is 22.0. The summed E-state index contributed by atoms with van der Waals surface area (Å²) >= 11 is 1.40. The van der Waals surface area contributed by atoms with Crippen molar-refractivity contribution in [2.45, 2.75) is 38.2 Å². The molecule has 0 bridgehead atoms. The predicted octanol–water partition coefficient (Wildman–Crippen LogP) is 1.68. The Morgan fingerprint density at radius 3 is 2.71 bits per heavy atom. The number of carbonyl (C=O) groups excluding carboxylic acids is 1. The zero-order valence-corrected chi connectivity index (χ0v) is 13.3. The summed E-state index contributed by atoms with van der Waals surface area (Å²) in [5.41, 5.74) is -0.224. The van der Waals surface area contributed by atoms with Gasteiger partial charge in [-0.15, -0.1) is 10.2 Å². The highest BCUT2D eigenvalue weighted by atomic mass is 32.1. The van der Waals surface area contributed by atoms with Gasteiger partial charge in [0, 0.05) is 38.5 Å². The molecule has 3 heterocycles. The third kappa shape index (κ3) is 3.09. The summed E-state index contributed by atoms with van der Waals surface area (Å²) in [4.78, 5) is 14.5. The van der Waals surface area contributed by atoms with E-state index in [0.29, 0.717) is 43.8 Å². The molecule has 0 unspecified atom stereocenters. The van der Waals surface area contributed by atoms with E-state index in [2.05, 4.69) is 24.0 Å². The molecule has 0 saturated carbocycles. The van der Waals surface area contributed by atoms with Crippen molar-refractivity contribution in [3.63, 3.8) is 0 Å². The van der Waals surface area contributed by atoms with Crippen LogP contribution >= 0.6 is 11.3 Å². The van der Waals surface area contributed by atoms with Crippen molar-refractivity contribution < 1.29 is 14.3 Å². The van der Waals surface area contributed by atoms with Gasteiger partial charge in [-0.25, -0.2) is 0 Å². The van der Waals surface area contributed by atoms with Crippen LogP contribution in [0.3, 0.4) is 0 Å². The number of aromatic nitrogens is 2. The van der Waals surface area contributed by atoms with E-state index in [1.54, 1.807) is 0 Å². The molecule has 6 nitrogen and oxygen atoms in total. The molecule has 0 aromatic carbocycles. The van der Waals surface area contributed by atoms with Crippen LogP contribution in [-0.4, -0.2) is 59.5 Å². The number of morpholine rings is 1. The van der Waals surface area contributed by atoms with Crippen molar-refractivity contribution in [3.05, 3.63) is 10.0 Å². The minimum Gasteiger partial charge on any atom is -0.381 e. The first kappa shape index (κ1) is 14.9. The summed E-state index contributed by atoms with van der Waals surface area (Å²) in [7, 11) is 0. The Hall–Kier alpha value is -1.05. The van der Waals surface area contributed by atoms with E-state index in [9.17, 15) is 4.79 Å². The highest BCUT2D eigenvalue weighted by molar-refractivity contribution is 7.13. The molecular formula is C14H21N3O3S. The van der Waals surface area contributed by atoms with Gasteiger partial charge in [-0.2, -0.15) is 0 Å². The molecule has 21 heavy (non-hydrogen) atoms. The highest BCUT2D eigenvalue weighted by Gasteiger charge is 2.40. The molecule has 1 amide bonds. The van der Waals surface area contributed by atoms with Crippen LogP contribution in [0.1, 0.15) is 47.4 Å². The monoisotopic (exact) mass is 311 g/mol. The largest absolute Gasteiger partial charge is 0.381 e. The van der Waals surface area contributed by atoms with Gasteiger partial charge in [-0.05, 0) is 0 Å². The second-order valence-corrected chi connectivity index (χ2v) is 6.98. The van der Waals surface area contributed by atoms with Crippen LogP contribution in [0.15, 0.2) is 0 Å². The van der Waals surface area contributed by atoms with E-state index in [1.165, 1.54) is 11.3 Å². The van der Waals surface area contributed by atoms with Gasteiger partial charge in [0.15, 0.2) is 0 Å². The molecule has 3 rings (SSSR count). The Morgan fingerprint density at radius 2 is 2.05 bits per heavy atom. The smallest absolute Gasteiger partial charge is 0.285 e. The second kappa shape index (κ2) is 5.98. The number of nitrogens with zero attached hydrogens (tertiary/aromatic N) is 3. The lowest BCUT2D eigenvalue weighted by atomic mass is 9.92. The summed E-state index contributed by atoms with van der Waals surface area (Å²) in [5.74, 6) is 0.282. The molecule has 1 spiro atoms. The number of hydrogen-bond donors (Lipinski definition) is 0. The zero-order valence-electron chi connectivity index (χ0n) is 12.5. The number of rotatable bonds is 2. The van der Waals surface area contributed by atoms with Crippen molar-refractivity contribution in [1.29, 1.82) is 0 Å². The third-order valence-corrected chi connectivity index (χ3v) is 5.27. The van der Waals surface area contributed by atoms with E-state index in [-0.39, 0.29) is 11.5 Å². The number of carbonyl (C=O) groups is 1. The van der Waals surface area contributed by atoms with Gasteiger partial charge in [0.2, 0.25) is 5.01 Å². The molecule has 116 valence electrons. The molecular weight excluding hydrogens is 290 g/mol. The van der Waals surface area contributed by atoms with Crippen LogP contribution in [0.25, 0.3) is 0 Å². The highest BCUT2D eigenvalue weighted by Crippen LogP contribution is 2.30. The molecule has 1 aromatic heterocycles. The summed E-state index contributed by atoms with van der Waals surface area (Å²) in [6, 6.07) is 0. The lowest BCUT2D eigenvalue weighted by molar-refractivity contribution is -0.146. The lowest BCUT2D eigenvalue weighted by Crippen LogP contribution is -2.55. The fourth-order valence-corrected chi connectivity index (χ4v) is 3.57. The Balaban J connectivity index is 1.71. The van der Waals surface area contributed by atoms with Gasteiger partial charge in [0.25, 0.3) is 5.91 Å². The third-order valence-electron chi connectivity index (χ3n) is 4.06. The fraction of sp³-hybridized carbons (Fsp3) is 0.786. The van der Waals surface area contributed by atoms with Crippen molar-refractivity contribution in [2.24, 2.45) is 0 Å². The van der Waals surface area contributed by atoms with E-state index in [1.807, 2.05) is 4.90 Å². The van der Waals surface area contributed by atoms with Crippen LogP contribution in [0.4, 0.5) is 0 Å². The Labute approximate surface area is 128 Å². The van der Waals surface area contributed by atoms with Crippen molar-refractivity contribution >= 4 is 17.2 Å². The van der Waals surface area contributed by atoms with E-state index < -0.39 is 0 Å². The molecule has 2 aliphatic rings. The van der Waals surface area contributed by atoms with Crippen molar-refractivity contribution in [3.8, 4) is 0 Å².